The lowest BCUT2D eigenvalue weighted by atomic mass is 9.61. The fourth-order valence-corrected chi connectivity index (χ4v) is 5.68. The minimum Gasteiger partial charge on any atom is -0.490 e. The molecule has 1 saturated carbocycles. The van der Waals surface area contributed by atoms with Gasteiger partial charge >= 0.3 is 0 Å². The second-order valence-electron chi connectivity index (χ2n) is 9.73. The number of likely N-dealkylation sites (tertiary alicyclic amines) is 1. The Kier molecular flexibility index (Phi) is 5.16. The van der Waals surface area contributed by atoms with Crippen LogP contribution in [-0.4, -0.2) is 55.6 Å². The van der Waals surface area contributed by atoms with E-state index in [9.17, 15) is 14.0 Å². The van der Waals surface area contributed by atoms with E-state index in [1.807, 2.05) is 12.1 Å². The number of ketones is 1. The molecule has 0 N–H and O–H groups in total. The molecule has 8 nitrogen and oxygen atoms in total. The molecule has 1 aliphatic carbocycles. The zero-order valence-corrected chi connectivity index (χ0v) is 19.8. The smallest absolute Gasteiger partial charge is 0.259 e. The fraction of sp³-hybridized carbons (Fsp3) is 0.360. The molecule has 35 heavy (non-hydrogen) atoms. The molecule has 180 valence electrons. The number of Topliss-reactive ketones (excluding diaryl/α,β-unsaturated/α-hetero) is 1. The van der Waals surface area contributed by atoms with Crippen LogP contribution < -0.4 is 10.3 Å². The van der Waals surface area contributed by atoms with Crippen molar-refractivity contribution in [2.75, 3.05) is 19.6 Å². The highest BCUT2D eigenvalue weighted by Gasteiger charge is 2.53. The molecule has 2 aliphatic rings. The predicted molar refractivity (Wildman–Crippen MR) is 129 cm³/mol. The van der Waals surface area contributed by atoms with Gasteiger partial charge in [0.15, 0.2) is 17.2 Å². The monoisotopic (exact) mass is 495 g/mol. The lowest BCUT2D eigenvalue weighted by Crippen LogP contribution is -2.64. The van der Waals surface area contributed by atoms with Gasteiger partial charge in [-0.15, -0.1) is 10.2 Å². The van der Waals surface area contributed by atoms with Gasteiger partial charge in [-0.1, -0.05) is 11.6 Å². The molecule has 1 aromatic carbocycles. The van der Waals surface area contributed by atoms with Crippen molar-refractivity contribution in [1.82, 2.24) is 24.1 Å². The summed E-state index contributed by atoms with van der Waals surface area (Å²) in [4.78, 5) is 27.3. The predicted octanol–water partition coefficient (Wildman–Crippen LogP) is 3.49. The molecular weight excluding hydrogens is 473 g/mol. The summed E-state index contributed by atoms with van der Waals surface area (Å²) >= 11 is 6.28. The van der Waals surface area contributed by atoms with Gasteiger partial charge in [-0.3, -0.25) is 14.0 Å². The van der Waals surface area contributed by atoms with Crippen molar-refractivity contribution in [2.24, 2.45) is 12.5 Å². The van der Waals surface area contributed by atoms with E-state index < -0.39 is 5.82 Å². The number of hydrogen-bond acceptors (Lipinski definition) is 6. The standard InChI is InChI=1S/C25H23ClFN5O3/c1-30-6-4-16-21(3-2-18(26)23(16)24(30)34)35-15-9-25(10-15)12-31(13-25)7-5-20(33)17-8-22-29-28-14-32(22)11-19(17)27/h2-4,6,8,11,14-15H,5,7,9-10,12-13H2,1H3. The molecule has 2 fully saturated rings. The largest absolute Gasteiger partial charge is 0.490 e. The normalized spacial score (nSPS) is 17.6. The van der Waals surface area contributed by atoms with Gasteiger partial charge in [0.1, 0.15) is 12.1 Å². The molecule has 0 atom stereocenters. The first-order valence-electron chi connectivity index (χ1n) is 11.5. The summed E-state index contributed by atoms with van der Waals surface area (Å²) in [6.07, 6.45) is 6.53. The summed E-state index contributed by atoms with van der Waals surface area (Å²) in [5.74, 6) is -0.117. The third kappa shape index (κ3) is 3.79. The molecule has 3 aromatic heterocycles. The van der Waals surface area contributed by atoms with Crippen LogP contribution in [0.3, 0.4) is 0 Å². The maximum atomic E-state index is 14.3. The fourth-order valence-electron chi connectivity index (χ4n) is 5.43. The van der Waals surface area contributed by atoms with Crippen LogP contribution in [0.4, 0.5) is 4.39 Å². The van der Waals surface area contributed by atoms with E-state index in [0.717, 1.165) is 31.3 Å². The van der Waals surface area contributed by atoms with Gasteiger partial charge in [-0.2, -0.15) is 0 Å². The zero-order chi connectivity index (χ0) is 24.3. The number of nitrogens with zero attached hydrogens (tertiary/aromatic N) is 5. The number of aromatic nitrogens is 4. The Morgan fingerprint density at radius 1 is 1.29 bits per heavy atom. The van der Waals surface area contributed by atoms with Crippen molar-refractivity contribution < 1.29 is 13.9 Å². The minimum atomic E-state index is -0.561. The quantitative estimate of drug-likeness (QED) is 0.381. The maximum Gasteiger partial charge on any atom is 0.259 e. The average Bonchev–Trinajstić information content (AvgIpc) is 3.23. The Morgan fingerprint density at radius 3 is 2.89 bits per heavy atom. The van der Waals surface area contributed by atoms with Gasteiger partial charge in [-0.05, 0) is 37.1 Å². The van der Waals surface area contributed by atoms with Crippen LogP contribution in [0.15, 0.2) is 47.8 Å². The van der Waals surface area contributed by atoms with Crippen LogP contribution in [0.1, 0.15) is 29.6 Å². The summed E-state index contributed by atoms with van der Waals surface area (Å²) in [6.45, 7) is 2.38. The van der Waals surface area contributed by atoms with E-state index in [1.165, 1.54) is 27.6 Å². The van der Waals surface area contributed by atoms with E-state index in [2.05, 4.69) is 15.1 Å². The van der Waals surface area contributed by atoms with Crippen molar-refractivity contribution >= 4 is 33.8 Å². The summed E-state index contributed by atoms with van der Waals surface area (Å²) in [5, 5.41) is 9.23. The highest BCUT2D eigenvalue weighted by molar-refractivity contribution is 6.35. The van der Waals surface area contributed by atoms with Gasteiger partial charge in [0.2, 0.25) is 0 Å². The minimum absolute atomic E-state index is 0.0582. The molecule has 4 aromatic rings. The highest BCUT2D eigenvalue weighted by Crippen LogP contribution is 2.50. The van der Waals surface area contributed by atoms with E-state index in [1.54, 1.807) is 19.3 Å². The van der Waals surface area contributed by atoms with Crippen LogP contribution in [0.25, 0.3) is 16.4 Å². The van der Waals surface area contributed by atoms with Crippen LogP contribution in [0, 0.1) is 11.2 Å². The van der Waals surface area contributed by atoms with E-state index in [4.69, 9.17) is 16.3 Å². The first kappa shape index (κ1) is 22.2. The summed E-state index contributed by atoms with van der Waals surface area (Å²) in [7, 11) is 1.70. The topological polar surface area (TPSA) is 81.7 Å². The number of ether oxygens (including phenoxy) is 1. The van der Waals surface area contributed by atoms with Gasteiger partial charge in [-0.25, -0.2) is 4.39 Å². The molecular formula is C25H23ClFN5O3. The number of hydrogen-bond donors (Lipinski definition) is 0. The van der Waals surface area contributed by atoms with Crippen LogP contribution in [0.5, 0.6) is 5.75 Å². The number of pyridine rings is 2. The lowest BCUT2D eigenvalue weighted by molar-refractivity contribution is -0.118. The Labute approximate surface area is 204 Å². The first-order chi connectivity index (χ1) is 16.8. The van der Waals surface area contributed by atoms with Crippen molar-refractivity contribution in [2.45, 2.75) is 25.4 Å². The van der Waals surface area contributed by atoms with Crippen molar-refractivity contribution in [3.05, 3.63) is 69.7 Å². The molecule has 10 heteroatoms. The van der Waals surface area contributed by atoms with Gasteiger partial charge < -0.3 is 14.2 Å². The zero-order valence-electron chi connectivity index (χ0n) is 19.1. The number of carbonyl (C=O) groups excluding carboxylic acids is 1. The van der Waals surface area contributed by atoms with E-state index in [0.29, 0.717) is 28.4 Å². The second-order valence-corrected chi connectivity index (χ2v) is 10.1. The molecule has 1 aliphatic heterocycles. The Balaban J connectivity index is 1.03. The van der Waals surface area contributed by atoms with Gasteiger partial charge in [0.25, 0.3) is 5.56 Å². The molecule has 1 saturated heterocycles. The highest BCUT2D eigenvalue weighted by atomic mass is 35.5. The van der Waals surface area contributed by atoms with Crippen molar-refractivity contribution in [1.29, 1.82) is 0 Å². The van der Waals surface area contributed by atoms with Crippen LogP contribution in [0.2, 0.25) is 5.02 Å². The van der Waals surface area contributed by atoms with Gasteiger partial charge in [0, 0.05) is 56.3 Å². The molecule has 4 heterocycles. The molecule has 0 unspecified atom stereocenters. The van der Waals surface area contributed by atoms with E-state index >= 15 is 0 Å². The molecule has 0 radical (unpaired) electrons. The number of fused-ring (bicyclic) bond motifs is 2. The third-order valence-electron chi connectivity index (χ3n) is 7.23. The Bertz CT molecular complexity index is 1530. The molecule has 0 amide bonds. The summed E-state index contributed by atoms with van der Waals surface area (Å²) in [6, 6.07) is 6.84. The van der Waals surface area contributed by atoms with Crippen LogP contribution in [-0.2, 0) is 7.05 Å². The summed E-state index contributed by atoms with van der Waals surface area (Å²) in [5.41, 5.74) is 0.570. The van der Waals surface area contributed by atoms with Crippen molar-refractivity contribution in [3.8, 4) is 5.75 Å². The number of halogens is 2. The second kappa shape index (κ2) is 8.13. The summed E-state index contributed by atoms with van der Waals surface area (Å²) < 4.78 is 23.5. The van der Waals surface area contributed by atoms with Crippen LogP contribution >= 0.6 is 11.6 Å². The number of benzene rings is 1. The molecule has 6 rings (SSSR count). The SMILES string of the molecule is Cn1ccc2c(OC3CC4(C3)CN(CCC(=O)c3cc5nncn5cc3F)C4)ccc(Cl)c2c1=O. The number of carbonyl (C=O) groups is 1. The number of rotatable bonds is 6. The Hall–Kier alpha value is -3.30. The molecule has 0 bridgehead atoms. The third-order valence-corrected chi connectivity index (χ3v) is 7.54. The van der Waals surface area contributed by atoms with Crippen molar-refractivity contribution in [3.63, 3.8) is 0 Å². The van der Waals surface area contributed by atoms with Gasteiger partial charge in [0.05, 0.1) is 22.1 Å². The lowest BCUT2D eigenvalue weighted by Gasteiger charge is -2.58. The average molecular weight is 496 g/mol. The Morgan fingerprint density at radius 2 is 2.09 bits per heavy atom. The van der Waals surface area contributed by atoms with E-state index in [-0.39, 0.29) is 34.8 Å². The first-order valence-corrected chi connectivity index (χ1v) is 11.9. The molecule has 1 spiro atoms. The maximum absolute atomic E-state index is 14.3. The number of aryl methyl sites for hydroxylation is 1.